The zero-order valence-corrected chi connectivity index (χ0v) is 19.0. The molecule has 0 saturated heterocycles. The molecule has 0 bridgehead atoms. The van der Waals surface area contributed by atoms with Gasteiger partial charge >= 0.3 is 0 Å². The second-order valence-electron chi connectivity index (χ2n) is 10.2. The van der Waals surface area contributed by atoms with Crippen LogP contribution in [0.25, 0.3) is 21.9 Å². The van der Waals surface area contributed by atoms with E-state index in [1.807, 2.05) is 0 Å². The Morgan fingerprint density at radius 2 is 1.26 bits per heavy atom. The summed E-state index contributed by atoms with van der Waals surface area (Å²) >= 11 is 0. The lowest BCUT2D eigenvalue weighted by atomic mass is 9.63. The molecule has 0 radical (unpaired) electrons. The van der Waals surface area contributed by atoms with Crippen molar-refractivity contribution in [1.29, 1.82) is 0 Å². The van der Waals surface area contributed by atoms with Crippen LogP contribution >= 0.6 is 0 Å². The van der Waals surface area contributed by atoms with Gasteiger partial charge in [-0.25, -0.2) is 0 Å². The summed E-state index contributed by atoms with van der Waals surface area (Å²) in [5.41, 5.74) is 8.23. The molecule has 0 spiro atoms. The lowest BCUT2D eigenvalue weighted by molar-refractivity contribution is 0.332. The van der Waals surface area contributed by atoms with E-state index in [1.165, 1.54) is 45.9 Å². The molecule has 1 aliphatic rings. The third-order valence-corrected chi connectivity index (χ3v) is 7.14. The van der Waals surface area contributed by atoms with E-state index in [-0.39, 0.29) is 10.8 Å². The minimum absolute atomic E-state index is 0.206. The maximum Gasteiger partial charge on any atom is 0.0464 e. The molecule has 1 aliphatic carbocycles. The van der Waals surface area contributed by atoms with Gasteiger partial charge < -0.3 is 5.32 Å². The zero-order valence-electron chi connectivity index (χ0n) is 19.0. The van der Waals surface area contributed by atoms with E-state index >= 15 is 0 Å². The van der Waals surface area contributed by atoms with Crippen molar-refractivity contribution in [3.63, 3.8) is 0 Å². The second-order valence-corrected chi connectivity index (χ2v) is 10.2. The number of rotatable bonds is 3. The van der Waals surface area contributed by atoms with E-state index in [4.69, 9.17) is 0 Å². The van der Waals surface area contributed by atoms with Crippen LogP contribution in [0.4, 0.5) is 11.4 Å². The summed E-state index contributed by atoms with van der Waals surface area (Å²) < 4.78 is 0. The molecule has 0 aromatic heterocycles. The Kier molecular flexibility index (Phi) is 4.66. The Bertz CT molecular complexity index is 1260. The maximum absolute atomic E-state index is 3.75. The van der Waals surface area contributed by atoms with Crippen LogP contribution in [0.15, 0.2) is 84.9 Å². The van der Waals surface area contributed by atoms with Gasteiger partial charge in [0.15, 0.2) is 0 Å². The van der Waals surface area contributed by atoms with Crippen LogP contribution in [0.2, 0.25) is 0 Å². The first-order valence-electron chi connectivity index (χ1n) is 11.3. The predicted molar refractivity (Wildman–Crippen MR) is 134 cm³/mol. The van der Waals surface area contributed by atoms with Crippen molar-refractivity contribution in [2.45, 2.75) is 51.4 Å². The maximum atomic E-state index is 3.75. The molecule has 1 N–H and O–H groups in total. The van der Waals surface area contributed by atoms with Crippen LogP contribution in [0.5, 0.6) is 0 Å². The molecule has 1 nitrogen and oxygen atoms in total. The molecule has 156 valence electrons. The Labute approximate surface area is 186 Å². The molecule has 1 heteroatoms. The summed E-state index contributed by atoms with van der Waals surface area (Å²) in [6.45, 7) is 9.53. The highest BCUT2D eigenvalue weighted by Crippen LogP contribution is 2.47. The SMILES string of the molecule is CC1(C)CCC(C)(C)c2cc(Nc3ccccc3-c3cccc4ccccc34)ccc21. The van der Waals surface area contributed by atoms with Crippen molar-refractivity contribution in [2.75, 3.05) is 5.32 Å². The fourth-order valence-corrected chi connectivity index (χ4v) is 5.11. The van der Waals surface area contributed by atoms with Crippen molar-refractivity contribution >= 4 is 22.1 Å². The molecular formula is C30H31N. The van der Waals surface area contributed by atoms with Crippen molar-refractivity contribution in [2.24, 2.45) is 0 Å². The van der Waals surface area contributed by atoms with E-state index < -0.39 is 0 Å². The number of hydrogen-bond acceptors (Lipinski definition) is 1. The van der Waals surface area contributed by atoms with Gasteiger partial charge in [0.1, 0.15) is 0 Å². The second kappa shape index (κ2) is 7.27. The molecule has 0 aliphatic heterocycles. The number of hydrogen-bond donors (Lipinski definition) is 1. The van der Waals surface area contributed by atoms with Crippen molar-refractivity contribution < 1.29 is 0 Å². The fourth-order valence-electron chi connectivity index (χ4n) is 5.11. The first-order valence-corrected chi connectivity index (χ1v) is 11.3. The standard InChI is InChI=1S/C30H31N/c1-29(2)18-19-30(3,4)27-20-22(16-17-26(27)29)31-28-15-8-7-13-25(28)24-14-9-11-21-10-5-6-12-23(21)24/h5-17,20,31H,18-19H2,1-4H3. The zero-order chi connectivity index (χ0) is 21.6. The molecule has 0 heterocycles. The summed E-state index contributed by atoms with van der Waals surface area (Å²) in [6.07, 6.45) is 2.47. The van der Waals surface area contributed by atoms with Gasteiger partial charge in [-0.05, 0) is 69.3 Å². The van der Waals surface area contributed by atoms with Gasteiger partial charge in [0.05, 0.1) is 0 Å². The number of fused-ring (bicyclic) bond motifs is 2. The first-order chi connectivity index (χ1) is 14.9. The number of anilines is 2. The normalized spacial score (nSPS) is 16.6. The Morgan fingerprint density at radius 3 is 2.10 bits per heavy atom. The van der Waals surface area contributed by atoms with E-state index in [0.717, 1.165) is 11.4 Å². The molecule has 0 saturated carbocycles. The summed E-state index contributed by atoms with van der Waals surface area (Å²) in [6, 6.07) is 30.8. The van der Waals surface area contributed by atoms with Crippen molar-refractivity contribution in [3.8, 4) is 11.1 Å². The van der Waals surface area contributed by atoms with E-state index in [1.54, 1.807) is 0 Å². The molecule has 0 fully saturated rings. The number of para-hydroxylation sites is 1. The summed E-state index contributed by atoms with van der Waals surface area (Å²) in [4.78, 5) is 0. The molecule has 0 amide bonds. The topological polar surface area (TPSA) is 12.0 Å². The van der Waals surface area contributed by atoms with Crippen LogP contribution in [-0.2, 0) is 10.8 Å². The molecular weight excluding hydrogens is 374 g/mol. The van der Waals surface area contributed by atoms with Gasteiger partial charge in [-0.2, -0.15) is 0 Å². The summed E-state index contributed by atoms with van der Waals surface area (Å²) in [5.74, 6) is 0. The average molecular weight is 406 g/mol. The van der Waals surface area contributed by atoms with Gasteiger partial charge in [0, 0.05) is 16.9 Å². The molecule has 0 atom stereocenters. The van der Waals surface area contributed by atoms with Crippen LogP contribution in [0, 0.1) is 0 Å². The minimum atomic E-state index is 0.206. The highest BCUT2D eigenvalue weighted by Gasteiger charge is 2.36. The third-order valence-electron chi connectivity index (χ3n) is 7.14. The Morgan fingerprint density at radius 1 is 0.613 bits per heavy atom. The third kappa shape index (κ3) is 3.53. The number of nitrogens with one attached hydrogen (secondary N) is 1. The summed E-state index contributed by atoms with van der Waals surface area (Å²) in [7, 11) is 0. The van der Waals surface area contributed by atoms with E-state index in [2.05, 4.69) is 118 Å². The van der Waals surface area contributed by atoms with Crippen LogP contribution < -0.4 is 5.32 Å². The van der Waals surface area contributed by atoms with E-state index in [9.17, 15) is 0 Å². The van der Waals surface area contributed by atoms with E-state index in [0.29, 0.717) is 0 Å². The molecule has 0 unspecified atom stereocenters. The fraction of sp³-hybridized carbons (Fsp3) is 0.267. The summed E-state index contributed by atoms with van der Waals surface area (Å²) in [5, 5.41) is 6.31. The lowest BCUT2D eigenvalue weighted by Gasteiger charge is -2.42. The van der Waals surface area contributed by atoms with Crippen LogP contribution in [0.1, 0.15) is 51.7 Å². The molecule has 31 heavy (non-hydrogen) atoms. The Balaban J connectivity index is 1.59. The monoisotopic (exact) mass is 405 g/mol. The predicted octanol–water partition coefficient (Wildman–Crippen LogP) is 8.60. The minimum Gasteiger partial charge on any atom is -0.355 e. The average Bonchev–Trinajstić information content (AvgIpc) is 2.77. The van der Waals surface area contributed by atoms with Gasteiger partial charge in [0.25, 0.3) is 0 Å². The molecule has 4 aromatic carbocycles. The van der Waals surface area contributed by atoms with Gasteiger partial charge in [-0.15, -0.1) is 0 Å². The van der Waals surface area contributed by atoms with Crippen molar-refractivity contribution in [3.05, 3.63) is 96.1 Å². The number of benzene rings is 4. The molecule has 5 rings (SSSR count). The van der Waals surface area contributed by atoms with Gasteiger partial charge in [-0.1, -0.05) is 94.4 Å². The first kappa shape index (κ1) is 19.9. The van der Waals surface area contributed by atoms with Crippen LogP contribution in [0.3, 0.4) is 0 Å². The largest absolute Gasteiger partial charge is 0.355 e. The Hall–Kier alpha value is -3.06. The lowest BCUT2D eigenvalue weighted by Crippen LogP contribution is -2.33. The molecule has 4 aromatic rings. The van der Waals surface area contributed by atoms with Crippen molar-refractivity contribution in [1.82, 2.24) is 0 Å². The van der Waals surface area contributed by atoms with Crippen LogP contribution in [-0.4, -0.2) is 0 Å². The highest BCUT2D eigenvalue weighted by atomic mass is 14.9. The smallest absolute Gasteiger partial charge is 0.0464 e. The van der Waals surface area contributed by atoms with Gasteiger partial charge in [-0.3, -0.25) is 0 Å². The highest BCUT2D eigenvalue weighted by molar-refractivity contribution is 6.00. The quantitative estimate of drug-likeness (QED) is 0.360. The van der Waals surface area contributed by atoms with Gasteiger partial charge in [0.2, 0.25) is 0 Å².